The Labute approximate surface area is 100 Å². The van der Waals surface area contributed by atoms with E-state index in [-0.39, 0.29) is 0 Å². The molecule has 0 aliphatic heterocycles. The van der Waals surface area contributed by atoms with Gasteiger partial charge in [0.05, 0.1) is 0 Å². The van der Waals surface area contributed by atoms with Crippen LogP contribution in [-0.2, 0) is 0 Å². The van der Waals surface area contributed by atoms with E-state index < -0.39 is 0 Å². The van der Waals surface area contributed by atoms with Crippen molar-refractivity contribution in [1.29, 1.82) is 0 Å². The third kappa shape index (κ3) is 9.21. The number of unbranched alkanes of at least 4 members (excludes halogenated alkanes) is 1. The number of nitrogens with one attached hydrogen (secondary N) is 1. The highest BCUT2D eigenvalue weighted by Crippen LogP contribution is 2.05. The van der Waals surface area contributed by atoms with Crippen LogP contribution in [0.15, 0.2) is 0 Å². The van der Waals surface area contributed by atoms with Gasteiger partial charge in [-0.25, -0.2) is 0 Å². The standard InChI is InChI=1S/C12H28N2S/c1-5-6-8-13-9-10-14(3)12(2)7-11-15-4/h12-13H,5-11H2,1-4H3. The minimum absolute atomic E-state index is 0.713. The Morgan fingerprint density at radius 1 is 1.33 bits per heavy atom. The van der Waals surface area contributed by atoms with Gasteiger partial charge in [-0.3, -0.25) is 0 Å². The van der Waals surface area contributed by atoms with Gasteiger partial charge in [-0.1, -0.05) is 13.3 Å². The molecule has 0 heterocycles. The summed E-state index contributed by atoms with van der Waals surface area (Å²) in [6, 6.07) is 0.713. The summed E-state index contributed by atoms with van der Waals surface area (Å²) in [7, 11) is 2.23. The van der Waals surface area contributed by atoms with Gasteiger partial charge in [0.15, 0.2) is 0 Å². The number of hydrogen-bond donors (Lipinski definition) is 1. The van der Waals surface area contributed by atoms with E-state index in [2.05, 4.69) is 37.4 Å². The fraction of sp³-hybridized carbons (Fsp3) is 1.00. The summed E-state index contributed by atoms with van der Waals surface area (Å²) in [6.07, 6.45) is 6.06. The maximum atomic E-state index is 3.48. The van der Waals surface area contributed by atoms with E-state index >= 15 is 0 Å². The Hall–Kier alpha value is 0.270. The Bertz CT molecular complexity index is 131. The first-order chi connectivity index (χ1) is 7.22. The highest BCUT2D eigenvalue weighted by atomic mass is 32.2. The third-order valence-electron chi connectivity index (χ3n) is 2.84. The zero-order chi connectivity index (χ0) is 11.5. The van der Waals surface area contributed by atoms with Gasteiger partial charge in [-0.2, -0.15) is 11.8 Å². The lowest BCUT2D eigenvalue weighted by Crippen LogP contribution is -2.35. The molecule has 0 aromatic carbocycles. The van der Waals surface area contributed by atoms with Gasteiger partial charge in [-0.05, 0) is 45.4 Å². The van der Waals surface area contributed by atoms with Crippen LogP contribution in [0.1, 0.15) is 33.1 Å². The molecule has 0 aromatic rings. The molecule has 1 atom stereocenters. The van der Waals surface area contributed by atoms with Gasteiger partial charge >= 0.3 is 0 Å². The zero-order valence-electron chi connectivity index (χ0n) is 10.9. The van der Waals surface area contributed by atoms with Gasteiger partial charge in [0.1, 0.15) is 0 Å². The average molecular weight is 232 g/mol. The summed E-state index contributed by atoms with van der Waals surface area (Å²) >= 11 is 1.94. The molecule has 3 heteroatoms. The van der Waals surface area contributed by atoms with Crippen LogP contribution in [-0.4, -0.2) is 49.6 Å². The van der Waals surface area contributed by atoms with Crippen molar-refractivity contribution in [2.24, 2.45) is 0 Å². The first kappa shape index (κ1) is 15.3. The largest absolute Gasteiger partial charge is 0.315 e. The zero-order valence-corrected chi connectivity index (χ0v) is 11.7. The highest BCUT2D eigenvalue weighted by molar-refractivity contribution is 7.98. The van der Waals surface area contributed by atoms with Gasteiger partial charge in [0.25, 0.3) is 0 Å². The number of likely N-dealkylation sites (N-methyl/N-ethyl adjacent to an activating group) is 1. The first-order valence-electron chi connectivity index (χ1n) is 6.12. The van der Waals surface area contributed by atoms with Gasteiger partial charge in [0.2, 0.25) is 0 Å². The number of thioether (sulfide) groups is 1. The minimum atomic E-state index is 0.713. The van der Waals surface area contributed by atoms with Crippen LogP contribution < -0.4 is 5.32 Å². The van der Waals surface area contributed by atoms with Crippen molar-refractivity contribution in [2.45, 2.75) is 39.2 Å². The predicted octanol–water partition coefficient (Wildman–Crippen LogP) is 2.45. The summed E-state index contributed by atoms with van der Waals surface area (Å²) in [4.78, 5) is 2.45. The van der Waals surface area contributed by atoms with E-state index in [9.17, 15) is 0 Å². The molecule has 0 spiro atoms. The molecule has 0 rings (SSSR count). The normalized spacial score (nSPS) is 13.4. The molecule has 0 aliphatic carbocycles. The molecule has 2 nitrogen and oxygen atoms in total. The van der Waals surface area contributed by atoms with E-state index in [4.69, 9.17) is 0 Å². The monoisotopic (exact) mass is 232 g/mol. The summed E-state index contributed by atoms with van der Waals surface area (Å²) in [6.45, 7) is 8.02. The van der Waals surface area contributed by atoms with Crippen LogP contribution in [0.5, 0.6) is 0 Å². The maximum absolute atomic E-state index is 3.48. The van der Waals surface area contributed by atoms with Gasteiger partial charge in [-0.15, -0.1) is 0 Å². The lowest BCUT2D eigenvalue weighted by atomic mass is 10.2. The number of nitrogens with zero attached hydrogens (tertiary/aromatic N) is 1. The molecule has 0 aromatic heterocycles. The number of rotatable bonds is 10. The average Bonchev–Trinajstić information content (AvgIpc) is 2.25. The molecule has 0 bridgehead atoms. The van der Waals surface area contributed by atoms with Crippen LogP contribution in [0.25, 0.3) is 0 Å². The fourth-order valence-corrected chi connectivity index (χ4v) is 1.99. The molecule has 0 fully saturated rings. The Morgan fingerprint density at radius 2 is 2.07 bits per heavy atom. The lowest BCUT2D eigenvalue weighted by molar-refractivity contribution is 0.253. The Kier molecular flexibility index (Phi) is 11.0. The molecule has 92 valence electrons. The molecule has 15 heavy (non-hydrogen) atoms. The van der Waals surface area contributed by atoms with Gasteiger partial charge < -0.3 is 10.2 Å². The van der Waals surface area contributed by atoms with E-state index in [0.717, 1.165) is 6.54 Å². The molecule has 1 unspecified atom stereocenters. The van der Waals surface area contributed by atoms with E-state index in [1.807, 2.05) is 11.8 Å². The Balaban J connectivity index is 3.34. The van der Waals surface area contributed by atoms with Gasteiger partial charge in [0, 0.05) is 19.1 Å². The third-order valence-corrected chi connectivity index (χ3v) is 3.48. The van der Waals surface area contributed by atoms with Crippen LogP contribution in [0.2, 0.25) is 0 Å². The van der Waals surface area contributed by atoms with Crippen molar-refractivity contribution >= 4 is 11.8 Å². The van der Waals surface area contributed by atoms with Crippen molar-refractivity contribution in [3.63, 3.8) is 0 Å². The maximum Gasteiger partial charge on any atom is 0.0107 e. The second-order valence-corrected chi connectivity index (χ2v) is 5.20. The van der Waals surface area contributed by atoms with Crippen LogP contribution in [0.4, 0.5) is 0 Å². The number of hydrogen-bond acceptors (Lipinski definition) is 3. The molecule has 0 aliphatic rings. The SMILES string of the molecule is CCCCNCCN(C)C(C)CCSC. The topological polar surface area (TPSA) is 15.3 Å². The van der Waals surface area contributed by atoms with E-state index in [0.29, 0.717) is 6.04 Å². The second kappa shape index (κ2) is 10.8. The molecule has 0 saturated carbocycles. The van der Waals surface area contributed by atoms with Crippen LogP contribution >= 0.6 is 11.8 Å². The van der Waals surface area contributed by atoms with Crippen molar-refractivity contribution in [3.05, 3.63) is 0 Å². The fourth-order valence-electron chi connectivity index (χ4n) is 1.41. The smallest absolute Gasteiger partial charge is 0.0107 e. The highest BCUT2D eigenvalue weighted by Gasteiger charge is 2.07. The second-order valence-electron chi connectivity index (χ2n) is 4.21. The summed E-state index contributed by atoms with van der Waals surface area (Å²) in [5.41, 5.74) is 0. The van der Waals surface area contributed by atoms with Crippen molar-refractivity contribution in [2.75, 3.05) is 38.7 Å². The summed E-state index contributed by atoms with van der Waals surface area (Å²) in [5, 5.41) is 3.48. The van der Waals surface area contributed by atoms with Crippen LogP contribution in [0.3, 0.4) is 0 Å². The Morgan fingerprint density at radius 3 is 2.67 bits per heavy atom. The molecule has 0 radical (unpaired) electrons. The quantitative estimate of drug-likeness (QED) is 0.583. The molecular formula is C12H28N2S. The van der Waals surface area contributed by atoms with E-state index in [1.54, 1.807) is 0 Å². The van der Waals surface area contributed by atoms with Crippen molar-refractivity contribution < 1.29 is 0 Å². The lowest BCUT2D eigenvalue weighted by Gasteiger charge is -2.24. The minimum Gasteiger partial charge on any atom is -0.315 e. The molecule has 0 amide bonds. The van der Waals surface area contributed by atoms with E-state index in [1.165, 1.54) is 38.1 Å². The van der Waals surface area contributed by atoms with Crippen molar-refractivity contribution in [3.8, 4) is 0 Å². The molecule has 1 N–H and O–H groups in total. The summed E-state index contributed by atoms with van der Waals surface area (Å²) < 4.78 is 0. The van der Waals surface area contributed by atoms with Crippen molar-refractivity contribution in [1.82, 2.24) is 10.2 Å². The summed E-state index contributed by atoms with van der Waals surface area (Å²) in [5.74, 6) is 1.27. The van der Waals surface area contributed by atoms with Crippen LogP contribution in [0, 0.1) is 0 Å². The predicted molar refractivity (Wildman–Crippen MR) is 72.9 cm³/mol. The molecule has 0 saturated heterocycles. The first-order valence-corrected chi connectivity index (χ1v) is 7.51. The molecular weight excluding hydrogens is 204 g/mol.